The summed E-state index contributed by atoms with van der Waals surface area (Å²) in [5.41, 5.74) is -0.265. The van der Waals surface area contributed by atoms with Crippen molar-refractivity contribution in [3.63, 3.8) is 0 Å². The highest BCUT2D eigenvalue weighted by atomic mass is 32.2. The lowest BCUT2D eigenvalue weighted by Crippen LogP contribution is -2.22. The van der Waals surface area contributed by atoms with Crippen LogP contribution < -0.4 is 0 Å². The standard InChI is InChI=1S/C14H11NO6S/c16-12(9-13(17)14(18)19)11-7-4-8-15(11)22(20,21)10-5-2-1-3-6-10/h1-8H,9H2,(H,18,19). The SMILES string of the molecule is O=C(O)C(=O)CC(=O)c1cccn1S(=O)(=O)c1ccccc1. The summed E-state index contributed by atoms with van der Waals surface area (Å²) in [6, 6.07) is 10.00. The van der Waals surface area contributed by atoms with Crippen molar-refractivity contribution >= 4 is 27.6 Å². The van der Waals surface area contributed by atoms with Crippen LogP contribution in [0.2, 0.25) is 0 Å². The van der Waals surface area contributed by atoms with Gasteiger partial charge in [0.2, 0.25) is 5.78 Å². The predicted octanol–water partition coefficient (Wildman–Crippen LogP) is 0.952. The first kappa shape index (κ1) is 15.6. The number of carboxylic acids is 1. The number of carbonyl (C=O) groups excluding carboxylic acids is 2. The van der Waals surface area contributed by atoms with Crippen molar-refractivity contribution in [1.82, 2.24) is 3.97 Å². The van der Waals surface area contributed by atoms with Gasteiger partial charge in [-0.3, -0.25) is 9.59 Å². The van der Waals surface area contributed by atoms with Gasteiger partial charge in [0.1, 0.15) is 5.69 Å². The zero-order chi connectivity index (χ0) is 16.3. The molecule has 2 aromatic rings. The van der Waals surface area contributed by atoms with Crippen LogP contribution in [0.4, 0.5) is 0 Å². The zero-order valence-electron chi connectivity index (χ0n) is 11.2. The average Bonchev–Trinajstić information content (AvgIpc) is 2.98. The first-order chi connectivity index (χ1) is 10.3. The summed E-state index contributed by atoms with van der Waals surface area (Å²) in [5.74, 6) is -3.91. The Labute approximate surface area is 125 Å². The van der Waals surface area contributed by atoms with Crippen molar-refractivity contribution in [2.75, 3.05) is 0 Å². The van der Waals surface area contributed by atoms with E-state index in [4.69, 9.17) is 5.11 Å². The number of rotatable bonds is 6. The number of benzene rings is 1. The molecule has 0 aliphatic carbocycles. The van der Waals surface area contributed by atoms with E-state index in [-0.39, 0.29) is 10.6 Å². The van der Waals surface area contributed by atoms with Gasteiger partial charge in [0.25, 0.3) is 10.0 Å². The molecule has 0 unspecified atom stereocenters. The van der Waals surface area contributed by atoms with E-state index in [2.05, 4.69) is 0 Å². The van der Waals surface area contributed by atoms with Crippen LogP contribution in [-0.2, 0) is 19.6 Å². The van der Waals surface area contributed by atoms with Crippen LogP contribution in [0.15, 0.2) is 53.6 Å². The summed E-state index contributed by atoms with van der Waals surface area (Å²) in [6.07, 6.45) is 0.268. The molecule has 0 saturated carbocycles. The fourth-order valence-corrected chi connectivity index (χ4v) is 3.19. The van der Waals surface area contributed by atoms with Crippen LogP contribution in [-0.4, -0.2) is 35.0 Å². The van der Waals surface area contributed by atoms with Gasteiger partial charge in [0, 0.05) is 6.20 Å². The maximum absolute atomic E-state index is 12.4. The molecule has 0 fully saturated rings. The molecule has 0 atom stereocenters. The fourth-order valence-electron chi connectivity index (χ4n) is 1.81. The molecular formula is C14H11NO6S. The summed E-state index contributed by atoms with van der Waals surface area (Å²) >= 11 is 0. The van der Waals surface area contributed by atoms with Crippen molar-refractivity contribution in [2.24, 2.45) is 0 Å². The second-order valence-corrected chi connectivity index (χ2v) is 6.15. The molecule has 0 bridgehead atoms. The molecular weight excluding hydrogens is 310 g/mol. The smallest absolute Gasteiger partial charge is 0.372 e. The highest BCUT2D eigenvalue weighted by molar-refractivity contribution is 7.90. The van der Waals surface area contributed by atoms with Crippen LogP contribution in [0.25, 0.3) is 0 Å². The molecule has 7 nitrogen and oxygen atoms in total. The maximum atomic E-state index is 12.4. The van der Waals surface area contributed by atoms with E-state index in [1.54, 1.807) is 6.07 Å². The fraction of sp³-hybridized carbons (Fsp3) is 0.0714. The van der Waals surface area contributed by atoms with Gasteiger partial charge in [0.05, 0.1) is 11.3 Å². The van der Waals surface area contributed by atoms with Gasteiger partial charge in [-0.2, -0.15) is 0 Å². The predicted molar refractivity (Wildman–Crippen MR) is 75.0 cm³/mol. The van der Waals surface area contributed by atoms with Gasteiger partial charge in [-0.1, -0.05) is 18.2 Å². The van der Waals surface area contributed by atoms with E-state index in [1.165, 1.54) is 42.6 Å². The molecule has 0 aliphatic heterocycles. The number of ketones is 2. The van der Waals surface area contributed by atoms with E-state index < -0.39 is 34.0 Å². The normalized spacial score (nSPS) is 11.1. The molecule has 0 radical (unpaired) electrons. The minimum atomic E-state index is -3.99. The molecule has 1 N–H and O–H groups in total. The summed E-state index contributed by atoms with van der Waals surface area (Å²) in [7, 11) is -3.99. The van der Waals surface area contributed by atoms with Crippen molar-refractivity contribution in [1.29, 1.82) is 0 Å². The number of hydrogen-bond donors (Lipinski definition) is 1. The topological polar surface area (TPSA) is 111 Å². The average molecular weight is 321 g/mol. The molecule has 1 heterocycles. The molecule has 114 valence electrons. The van der Waals surface area contributed by atoms with Crippen LogP contribution in [0.1, 0.15) is 16.9 Å². The number of aromatic nitrogens is 1. The third kappa shape index (κ3) is 2.96. The minimum absolute atomic E-state index is 0.0233. The minimum Gasteiger partial charge on any atom is -0.475 e. The largest absolute Gasteiger partial charge is 0.475 e. The molecule has 2 rings (SSSR count). The number of carbonyl (C=O) groups is 3. The number of hydrogen-bond acceptors (Lipinski definition) is 5. The maximum Gasteiger partial charge on any atom is 0.372 e. The molecule has 8 heteroatoms. The lowest BCUT2D eigenvalue weighted by Gasteiger charge is -2.09. The van der Waals surface area contributed by atoms with Crippen molar-refractivity contribution in [2.45, 2.75) is 11.3 Å². The van der Waals surface area contributed by atoms with Gasteiger partial charge >= 0.3 is 5.97 Å². The summed E-state index contributed by atoms with van der Waals surface area (Å²) < 4.78 is 25.6. The van der Waals surface area contributed by atoms with Gasteiger partial charge < -0.3 is 5.11 Å². The highest BCUT2D eigenvalue weighted by Gasteiger charge is 2.25. The van der Waals surface area contributed by atoms with E-state index in [0.29, 0.717) is 0 Å². The molecule has 0 amide bonds. The van der Waals surface area contributed by atoms with Gasteiger partial charge in [-0.05, 0) is 24.3 Å². The van der Waals surface area contributed by atoms with Crippen LogP contribution >= 0.6 is 0 Å². The third-order valence-electron chi connectivity index (χ3n) is 2.86. The van der Waals surface area contributed by atoms with Gasteiger partial charge in [0.15, 0.2) is 5.78 Å². The first-order valence-electron chi connectivity index (χ1n) is 6.11. The van der Waals surface area contributed by atoms with Crippen molar-refractivity contribution in [3.8, 4) is 0 Å². The number of aliphatic carboxylic acids is 1. The summed E-state index contributed by atoms with van der Waals surface area (Å²) in [5, 5.41) is 8.51. The Kier molecular flexibility index (Phi) is 4.22. The molecule has 1 aromatic heterocycles. The van der Waals surface area contributed by atoms with Crippen LogP contribution in [0.5, 0.6) is 0 Å². The molecule has 0 spiro atoms. The Hall–Kier alpha value is -2.74. The lowest BCUT2D eigenvalue weighted by molar-refractivity contribution is -0.148. The third-order valence-corrected chi connectivity index (χ3v) is 4.56. The number of carboxylic acid groups (broad SMARTS) is 1. The monoisotopic (exact) mass is 321 g/mol. The lowest BCUT2D eigenvalue weighted by atomic mass is 10.1. The summed E-state index contributed by atoms with van der Waals surface area (Å²) in [4.78, 5) is 33.5. The number of Topliss-reactive ketones (excluding diaryl/α,β-unsaturated/α-hetero) is 2. The highest BCUT2D eigenvalue weighted by Crippen LogP contribution is 2.17. The Morgan fingerprint density at radius 1 is 1.00 bits per heavy atom. The Balaban J connectivity index is 2.40. The quantitative estimate of drug-likeness (QED) is 0.482. The van der Waals surface area contributed by atoms with Gasteiger partial charge in [-0.15, -0.1) is 0 Å². The van der Waals surface area contributed by atoms with Crippen molar-refractivity contribution < 1.29 is 27.9 Å². The molecule has 0 saturated heterocycles. The Morgan fingerprint density at radius 2 is 1.64 bits per heavy atom. The van der Waals surface area contributed by atoms with E-state index in [0.717, 1.165) is 3.97 Å². The van der Waals surface area contributed by atoms with Crippen molar-refractivity contribution in [3.05, 3.63) is 54.4 Å². The van der Waals surface area contributed by atoms with E-state index in [1.807, 2.05) is 0 Å². The zero-order valence-corrected chi connectivity index (χ0v) is 12.0. The van der Waals surface area contributed by atoms with Crippen LogP contribution in [0.3, 0.4) is 0 Å². The molecule has 22 heavy (non-hydrogen) atoms. The second kappa shape index (κ2) is 5.94. The van der Waals surface area contributed by atoms with Crippen LogP contribution in [0, 0.1) is 0 Å². The molecule has 1 aromatic carbocycles. The first-order valence-corrected chi connectivity index (χ1v) is 7.55. The second-order valence-electron chi connectivity index (χ2n) is 4.34. The number of nitrogens with zero attached hydrogens (tertiary/aromatic N) is 1. The Bertz CT molecular complexity index is 835. The van der Waals surface area contributed by atoms with Gasteiger partial charge in [-0.25, -0.2) is 17.2 Å². The Morgan fingerprint density at radius 3 is 2.23 bits per heavy atom. The van der Waals surface area contributed by atoms with E-state index in [9.17, 15) is 22.8 Å². The van der Waals surface area contributed by atoms with E-state index >= 15 is 0 Å². The molecule has 0 aliphatic rings. The summed E-state index contributed by atoms with van der Waals surface area (Å²) in [6.45, 7) is 0.